The molecule has 2 aromatic rings. The number of anilines is 1. The van der Waals surface area contributed by atoms with Gasteiger partial charge in [-0.15, -0.1) is 0 Å². The van der Waals surface area contributed by atoms with Gasteiger partial charge in [-0.3, -0.25) is 0 Å². The van der Waals surface area contributed by atoms with Crippen LogP contribution in [0, 0.1) is 0 Å². The molecule has 1 aromatic heterocycles. The number of aromatic nitrogens is 2. The largest absolute Gasteiger partial charge is 0.478 e. The van der Waals surface area contributed by atoms with E-state index in [1.807, 2.05) is 0 Å². The summed E-state index contributed by atoms with van der Waals surface area (Å²) in [4.78, 5) is 19.7. The highest BCUT2D eigenvalue weighted by molar-refractivity contribution is 6.02. The fourth-order valence-corrected chi connectivity index (χ4v) is 1.69. The van der Waals surface area contributed by atoms with Gasteiger partial charge >= 0.3 is 5.97 Å². The number of hydrogen-bond donors (Lipinski definition) is 2. The number of nitrogens with zero attached hydrogens (tertiary/aromatic N) is 2. The van der Waals surface area contributed by atoms with Crippen molar-refractivity contribution in [1.82, 2.24) is 9.97 Å². The van der Waals surface area contributed by atoms with Gasteiger partial charge in [-0.05, 0) is 32.4 Å². The number of nitrogens with one attached hydrogen (secondary N) is 1. The lowest BCUT2D eigenvalue weighted by Gasteiger charge is -2.24. The van der Waals surface area contributed by atoms with Crippen LogP contribution in [0.15, 0.2) is 24.4 Å². The number of carboxylic acid groups (broad SMARTS) is 1. The summed E-state index contributed by atoms with van der Waals surface area (Å²) in [5, 5.41) is 12.9. The van der Waals surface area contributed by atoms with Crippen molar-refractivity contribution in [2.24, 2.45) is 0 Å². The molecule has 0 spiro atoms. The minimum absolute atomic E-state index is 0.0991. The summed E-state index contributed by atoms with van der Waals surface area (Å²) in [5.74, 6) is -0.453. The van der Waals surface area contributed by atoms with Gasteiger partial charge in [0.15, 0.2) is 0 Å². The average Bonchev–Trinajstić information content (AvgIpc) is 2.37. The van der Waals surface area contributed by atoms with E-state index < -0.39 is 5.97 Å². The molecular formula is C14H17N3O2. The Kier molecular flexibility index (Phi) is 3.38. The molecule has 0 radical (unpaired) electrons. The Hall–Kier alpha value is -2.17. The SMILES string of the molecule is CCC(C)(C)Nc1ncc2c(C(=O)O)cccc2n1. The minimum Gasteiger partial charge on any atom is -0.478 e. The van der Waals surface area contributed by atoms with Crippen molar-refractivity contribution in [3.63, 3.8) is 0 Å². The Labute approximate surface area is 111 Å². The van der Waals surface area contributed by atoms with Crippen molar-refractivity contribution >= 4 is 22.8 Å². The summed E-state index contributed by atoms with van der Waals surface area (Å²) >= 11 is 0. The zero-order chi connectivity index (χ0) is 14.0. The van der Waals surface area contributed by atoms with Crippen molar-refractivity contribution in [2.75, 3.05) is 5.32 Å². The van der Waals surface area contributed by atoms with Gasteiger partial charge in [0.2, 0.25) is 5.95 Å². The molecule has 2 N–H and O–H groups in total. The molecule has 1 aromatic carbocycles. The van der Waals surface area contributed by atoms with Crippen molar-refractivity contribution in [2.45, 2.75) is 32.7 Å². The lowest BCUT2D eigenvalue weighted by molar-refractivity contribution is 0.0699. The molecule has 0 aliphatic rings. The lowest BCUT2D eigenvalue weighted by Crippen LogP contribution is -2.30. The second-order valence-corrected chi connectivity index (χ2v) is 5.10. The zero-order valence-electron chi connectivity index (χ0n) is 11.3. The van der Waals surface area contributed by atoms with E-state index in [0.29, 0.717) is 16.9 Å². The normalized spacial score (nSPS) is 11.5. The molecule has 2 rings (SSSR count). The van der Waals surface area contributed by atoms with E-state index in [1.54, 1.807) is 24.4 Å². The Bertz CT molecular complexity index is 623. The summed E-state index contributed by atoms with van der Waals surface area (Å²) in [6.45, 7) is 6.21. The van der Waals surface area contributed by atoms with Crippen LogP contribution in [0.1, 0.15) is 37.6 Å². The van der Waals surface area contributed by atoms with Crippen LogP contribution in [0.2, 0.25) is 0 Å². The van der Waals surface area contributed by atoms with E-state index in [2.05, 4.69) is 36.1 Å². The Balaban J connectivity index is 2.45. The van der Waals surface area contributed by atoms with Crippen molar-refractivity contribution in [3.8, 4) is 0 Å². The van der Waals surface area contributed by atoms with E-state index in [9.17, 15) is 4.79 Å². The van der Waals surface area contributed by atoms with Gasteiger partial charge in [0, 0.05) is 17.1 Å². The van der Waals surface area contributed by atoms with Gasteiger partial charge in [0.25, 0.3) is 0 Å². The fourth-order valence-electron chi connectivity index (χ4n) is 1.69. The number of benzene rings is 1. The van der Waals surface area contributed by atoms with Gasteiger partial charge in [-0.25, -0.2) is 14.8 Å². The van der Waals surface area contributed by atoms with E-state index in [1.165, 1.54) is 0 Å². The Morgan fingerprint density at radius 2 is 2.16 bits per heavy atom. The number of aromatic carboxylic acids is 1. The Morgan fingerprint density at radius 3 is 2.79 bits per heavy atom. The van der Waals surface area contributed by atoms with E-state index in [-0.39, 0.29) is 11.1 Å². The maximum atomic E-state index is 11.1. The third-order valence-electron chi connectivity index (χ3n) is 3.19. The third-order valence-corrected chi connectivity index (χ3v) is 3.19. The zero-order valence-corrected chi connectivity index (χ0v) is 11.3. The summed E-state index contributed by atoms with van der Waals surface area (Å²) in [6, 6.07) is 5.03. The fraction of sp³-hybridized carbons (Fsp3) is 0.357. The number of carbonyl (C=O) groups is 1. The highest BCUT2D eigenvalue weighted by atomic mass is 16.4. The van der Waals surface area contributed by atoms with Gasteiger partial charge in [0.05, 0.1) is 11.1 Å². The molecule has 0 atom stereocenters. The minimum atomic E-state index is -0.969. The third kappa shape index (κ3) is 2.81. The van der Waals surface area contributed by atoms with Crippen molar-refractivity contribution in [1.29, 1.82) is 0 Å². The number of fused-ring (bicyclic) bond motifs is 1. The molecule has 0 saturated carbocycles. The predicted octanol–water partition coefficient (Wildman–Crippen LogP) is 2.93. The first kappa shape index (κ1) is 13.3. The quantitative estimate of drug-likeness (QED) is 0.883. The van der Waals surface area contributed by atoms with Crippen LogP contribution in [0.25, 0.3) is 10.9 Å². The average molecular weight is 259 g/mol. The summed E-state index contributed by atoms with van der Waals surface area (Å²) < 4.78 is 0. The van der Waals surface area contributed by atoms with Gasteiger partial charge in [0.1, 0.15) is 0 Å². The first-order valence-electron chi connectivity index (χ1n) is 6.20. The molecule has 5 heteroatoms. The first-order valence-corrected chi connectivity index (χ1v) is 6.20. The monoisotopic (exact) mass is 259 g/mol. The van der Waals surface area contributed by atoms with Crippen LogP contribution in [-0.4, -0.2) is 26.6 Å². The van der Waals surface area contributed by atoms with E-state index >= 15 is 0 Å². The van der Waals surface area contributed by atoms with Crippen LogP contribution < -0.4 is 5.32 Å². The van der Waals surface area contributed by atoms with Crippen molar-refractivity contribution < 1.29 is 9.90 Å². The Morgan fingerprint density at radius 1 is 1.42 bits per heavy atom. The van der Waals surface area contributed by atoms with Crippen LogP contribution >= 0.6 is 0 Å². The number of rotatable bonds is 4. The maximum Gasteiger partial charge on any atom is 0.336 e. The molecule has 0 bridgehead atoms. The van der Waals surface area contributed by atoms with Gasteiger partial charge in [-0.2, -0.15) is 0 Å². The second-order valence-electron chi connectivity index (χ2n) is 5.10. The van der Waals surface area contributed by atoms with Crippen LogP contribution in [0.4, 0.5) is 5.95 Å². The summed E-state index contributed by atoms with van der Waals surface area (Å²) in [5.41, 5.74) is 0.751. The molecular weight excluding hydrogens is 242 g/mol. The molecule has 100 valence electrons. The molecule has 0 fully saturated rings. The second kappa shape index (κ2) is 4.84. The van der Waals surface area contributed by atoms with Gasteiger partial charge < -0.3 is 10.4 Å². The maximum absolute atomic E-state index is 11.1. The van der Waals surface area contributed by atoms with Crippen LogP contribution in [0.5, 0.6) is 0 Å². The smallest absolute Gasteiger partial charge is 0.336 e. The number of carboxylic acids is 1. The van der Waals surface area contributed by atoms with Gasteiger partial charge in [-0.1, -0.05) is 13.0 Å². The highest BCUT2D eigenvalue weighted by Gasteiger charge is 2.16. The first-order chi connectivity index (χ1) is 8.93. The number of hydrogen-bond acceptors (Lipinski definition) is 4. The molecule has 19 heavy (non-hydrogen) atoms. The molecule has 0 unspecified atom stereocenters. The predicted molar refractivity (Wildman–Crippen MR) is 74.5 cm³/mol. The highest BCUT2D eigenvalue weighted by Crippen LogP contribution is 2.20. The standard InChI is InChI=1S/C14H17N3O2/c1-4-14(2,3)17-13-15-8-10-9(12(18)19)6-5-7-11(10)16-13/h5-8H,4H2,1-3H3,(H,18,19)(H,15,16,17). The molecule has 0 saturated heterocycles. The molecule has 0 amide bonds. The van der Waals surface area contributed by atoms with Crippen molar-refractivity contribution in [3.05, 3.63) is 30.0 Å². The topological polar surface area (TPSA) is 75.1 Å². The molecule has 5 nitrogen and oxygen atoms in total. The van der Waals surface area contributed by atoms with Crippen LogP contribution in [-0.2, 0) is 0 Å². The molecule has 0 aliphatic carbocycles. The summed E-state index contributed by atoms with van der Waals surface area (Å²) in [7, 11) is 0. The molecule has 0 aliphatic heterocycles. The van der Waals surface area contributed by atoms with E-state index in [4.69, 9.17) is 5.11 Å². The van der Waals surface area contributed by atoms with Crippen LogP contribution in [0.3, 0.4) is 0 Å². The van der Waals surface area contributed by atoms with E-state index in [0.717, 1.165) is 6.42 Å². The lowest BCUT2D eigenvalue weighted by atomic mass is 10.0. The molecule has 1 heterocycles. The summed E-state index contributed by atoms with van der Waals surface area (Å²) in [6.07, 6.45) is 2.49.